The number of ketones is 1. The van der Waals surface area contributed by atoms with Crippen molar-refractivity contribution in [2.24, 2.45) is 35.5 Å². The quantitative estimate of drug-likeness (QED) is 0.213. The Morgan fingerprint density at radius 3 is 2.12 bits per heavy atom. The Kier molecular flexibility index (Phi) is 15.0. The van der Waals surface area contributed by atoms with E-state index in [1.165, 1.54) is 5.57 Å². The smallest absolute Gasteiger partial charge is 0.306 e. The molecular formula is C48H71NO11. The van der Waals surface area contributed by atoms with Crippen molar-refractivity contribution in [3.63, 3.8) is 0 Å². The minimum Gasteiger partial charge on any atom is -0.497 e. The normalized spacial score (nSPS) is 41.3. The van der Waals surface area contributed by atoms with Crippen LogP contribution in [0.4, 0.5) is 0 Å². The standard InChI is InChI=1S/C48H71NO11/c1-11-30-13-12-14-41(60-43-20-19-40(49(5)6)27(3)56-43)26(2)44(51)39-24-37-35-22-32(59-48-47(55-10)46(54-9)45(53-8)28(4)57-48)21-34(35)33(29-15-17-31(52-7)18-16-29)23-36(37)38(39)25-42(50)58-30/h15-18,23-24,26-28,30,32,34-38,40-41,43,45-48H,11-14,19-22,25H2,1-10H3/t26-,27?,28?,30+,32-,34?,35-,36?,37+,38+,40+,41+,43+,45+,46?,47?,48+/m1/s1. The van der Waals surface area contributed by atoms with E-state index in [2.05, 4.69) is 57.1 Å². The number of methoxy groups -OCH3 is 4. The highest BCUT2D eigenvalue weighted by atomic mass is 16.7. The number of cyclic esters (lactones) is 1. The second-order valence-corrected chi connectivity index (χ2v) is 18.4. The molecule has 3 aliphatic carbocycles. The Morgan fingerprint density at radius 1 is 0.750 bits per heavy atom. The number of carbonyl (C=O) groups excluding carboxylic acids is 2. The van der Waals surface area contributed by atoms with E-state index in [0.717, 1.165) is 61.8 Å². The molecule has 1 saturated carbocycles. The first-order chi connectivity index (χ1) is 28.9. The van der Waals surface area contributed by atoms with E-state index in [0.29, 0.717) is 12.5 Å². The highest BCUT2D eigenvalue weighted by molar-refractivity contribution is 5.99. The predicted octanol–water partition coefficient (Wildman–Crippen LogP) is 7.02. The van der Waals surface area contributed by atoms with Crippen molar-refractivity contribution in [1.29, 1.82) is 0 Å². The van der Waals surface area contributed by atoms with E-state index >= 15 is 4.79 Å². The zero-order chi connectivity index (χ0) is 42.8. The van der Waals surface area contributed by atoms with E-state index in [-0.39, 0.29) is 96.8 Å². The number of hydrogen-bond acceptors (Lipinski definition) is 12. The van der Waals surface area contributed by atoms with Crippen LogP contribution in [0.2, 0.25) is 0 Å². The first-order valence-corrected chi connectivity index (χ1v) is 22.6. The number of nitrogens with zero attached hydrogens (tertiary/aromatic N) is 1. The van der Waals surface area contributed by atoms with Crippen molar-refractivity contribution < 1.29 is 52.2 Å². The maximum absolute atomic E-state index is 15.1. The molecule has 0 radical (unpaired) electrons. The van der Waals surface area contributed by atoms with Crippen LogP contribution in [0.15, 0.2) is 42.0 Å². The summed E-state index contributed by atoms with van der Waals surface area (Å²) in [5, 5.41) is 0. The molecule has 3 heterocycles. The summed E-state index contributed by atoms with van der Waals surface area (Å²) in [5.41, 5.74) is 3.05. The molecule has 334 valence electrons. The molecule has 60 heavy (non-hydrogen) atoms. The van der Waals surface area contributed by atoms with Gasteiger partial charge in [0, 0.05) is 39.2 Å². The van der Waals surface area contributed by atoms with Gasteiger partial charge in [-0.3, -0.25) is 9.59 Å². The molecule has 0 N–H and O–H groups in total. The Bertz CT molecular complexity index is 1680. The summed E-state index contributed by atoms with van der Waals surface area (Å²) in [6, 6.07) is 8.55. The van der Waals surface area contributed by atoms with Gasteiger partial charge in [-0.2, -0.15) is 0 Å². The molecule has 1 aromatic rings. The van der Waals surface area contributed by atoms with E-state index in [1.807, 2.05) is 26.0 Å². The number of esters is 1. The largest absolute Gasteiger partial charge is 0.497 e. The van der Waals surface area contributed by atoms with Gasteiger partial charge in [-0.05, 0) is 132 Å². The molecule has 0 spiro atoms. The zero-order valence-corrected chi connectivity index (χ0v) is 37.6. The Labute approximate surface area is 357 Å². The molecule has 6 aliphatic rings. The zero-order valence-electron chi connectivity index (χ0n) is 37.6. The van der Waals surface area contributed by atoms with E-state index < -0.39 is 18.3 Å². The maximum Gasteiger partial charge on any atom is 0.306 e. The minimum absolute atomic E-state index is 0.0147. The van der Waals surface area contributed by atoms with Crippen molar-refractivity contribution in [2.45, 2.75) is 153 Å². The Morgan fingerprint density at radius 2 is 1.47 bits per heavy atom. The summed E-state index contributed by atoms with van der Waals surface area (Å²) < 4.78 is 56.0. The number of allylic oxidation sites excluding steroid dienone is 4. The van der Waals surface area contributed by atoms with Crippen molar-refractivity contribution in [3.05, 3.63) is 47.6 Å². The molecule has 0 amide bonds. The van der Waals surface area contributed by atoms with Gasteiger partial charge in [-0.15, -0.1) is 0 Å². The lowest BCUT2D eigenvalue weighted by atomic mass is 9.66. The molecule has 7 rings (SSSR count). The van der Waals surface area contributed by atoms with Crippen LogP contribution in [0.25, 0.3) is 5.57 Å². The molecule has 12 heteroatoms. The fourth-order valence-corrected chi connectivity index (χ4v) is 11.6. The lowest BCUT2D eigenvalue weighted by molar-refractivity contribution is -0.314. The van der Waals surface area contributed by atoms with Gasteiger partial charge in [-0.25, -0.2) is 0 Å². The Hall–Kier alpha value is -2.68. The van der Waals surface area contributed by atoms with Crippen LogP contribution in [0.1, 0.15) is 91.0 Å². The number of benzene rings is 1. The number of ether oxygens (including phenoxy) is 9. The maximum atomic E-state index is 15.1. The van der Waals surface area contributed by atoms with Gasteiger partial charge in [0.15, 0.2) is 18.4 Å². The van der Waals surface area contributed by atoms with Crippen molar-refractivity contribution >= 4 is 17.3 Å². The highest BCUT2D eigenvalue weighted by Crippen LogP contribution is 2.58. The Balaban J connectivity index is 1.21. The fraction of sp³-hybridized carbons (Fsp3) is 0.750. The average Bonchev–Trinajstić information content (AvgIpc) is 3.82. The van der Waals surface area contributed by atoms with Crippen LogP contribution in [0.5, 0.6) is 5.75 Å². The van der Waals surface area contributed by atoms with Gasteiger partial charge in [0.2, 0.25) is 0 Å². The van der Waals surface area contributed by atoms with Gasteiger partial charge >= 0.3 is 5.97 Å². The van der Waals surface area contributed by atoms with Crippen LogP contribution >= 0.6 is 0 Å². The highest BCUT2D eigenvalue weighted by Gasteiger charge is 2.54. The van der Waals surface area contributed by atoms with Crippen molar-refractivity contribution in [1.82, 2.24) is 4.90 Å². The van der Waals surface area contributed by atoms with Gasteiger partial charge in [0.25, 0.3) is 0 Å². The van der Waals surface area contributed by atoms with Gasteiger partial charge in [-0.1, -0.05) is 38.1 Å². The number of rotatable bonds is 11. The monoisotopic (exact) mass is 838 g/mol. The second-order valence-electron chi connectivity index (χ2n) is 18.4. The first-order valence-electron chi connectivity index (χ1n) is 22.6. The van der Waals surface area contributed by atoms with Crippen LogP contribution in [0, 0.1) is 35.5 Å². The van der Waals surface area contributed by atoms with Crippen LogP contribution in [0.3, 0.4) is 0 Å². The summed E-state index contributed by atoms with van der Waals surface area (Å²) in [6.07, 6.45) is 7.82. The third kappa shape index (κ3) is 9.32. The number of hydrogen-bond donors (Lipinski definition) is 0. The molecule has 12 nitrogen and oxygen atoms in total. The van der Waals surface area contributed by atoms with E-state index in [9.17, 15) is 4.79 Å². The minimum atomic E-state index is -0.654. The van der Waals surface area contributed by atoms with Gasteiger partial charge in [0.05, 0.1) is 37.9 Å². The molecule has 6 unspecified atom stereocenters. The SMILES string of the molecule is CC[C@H]1CCC[C@H](O[C@H]2CC[C@H](N(C)C)C(C)O2)[C@@H](C)C(=O)C2=C[C@@H]3C(C=C(c4ccc(OC)cc4)C4C[C@@H](O[C@@H]5OC(C)[C@H](OC)C(OC)C5OC)C[C@H]43)[C@@H]2CC(=O)O1. The molecule has 3 saturated heterocycles. The van der Waals surface area contributed by atoms with Crippen LogP contribution in [-0.2, 0) is 47.5 Å². The number of carbonyl (C=O) groups is 2. The lowest BCUT2D eigenvalue weighted by Gasteiger charge is -2.44. The molecule has 4 fully saturated rings. The molecule has 0 bridgehead atoms. The average molecular weight is 838 g/mol. The third-order valence-corrected chi connectivity index (χ3v) is 14.8. The topological polar surface area (TPSA) is 120 Å². The summed E-state index contributed by atoms with van der Waals surface area (Å²) in [5.74, 6) is 0.110. The summed E-state index contributed by atoms with van der Waals surface area (Å²) in [6.45, 7) is 8.17. The van der Waals surface area contributed by atoms with Crippen molar-refractivity contribution in [2.75, 3.05) is 42.5 Å². The molecule has 3 aliphatic heterocycles. The fourth-order valence-electron chi connectivity index (χ4n) is 11.6. The summed E-state index contributed by atoms with van der Waals surface area (Å²) in [4.78, 5) is 31.2. The molecule has 0 aromatic heterocycles. The number of fused-ring (bicyclic) bond motifs is 5. The predicted molar refractivity (Wildman–Crippen MR) is 226 cm³/mol. The number of Topliss-reactive ketones (excluding diaryl/α,β-unsaturated/α-hetero) is 1. The first kappa shape index (κ1) is 45.3. The molecule has 17 atom stereocenters. The van der Waals surface area contributed by atoms with Gasteiger partial charge < -0.3 is 47.5 Å². The third-order valence-electron chi connectivity index (χ3n) is 14.8. The van der Waals surface area contributed by atoms with E-state index in [4.69, 9.17) is 42.6 Å². The number of likely N-dealkylation sites (N-methyl/N-ethyl adjacent to an activating group) is 1. The van der Waals surface area contributed by atoms with Crippen molar-refractivity contribution in [3.8, 4) is 5.75 Å². The van der Waals surface area contributed by atoms with Crippen LogP contribution in [-0.4, -0.2) is 127 Å². The van der Waals surface area contributed by atoms with Gasteiger partial charge in [0.1, 0.15) is 30.2 Å². The second kappa shape index (κ2) is 19.8. The van der Waals surface area contributed by atoms with Crippen LogP contribution < -0.4 is 4.74 Å². The molecule has 1 aromatic carbocycles. The molecular weight excluding hydrogens is 767 g/mol. The summed E-state index contributed by atoms with van der Waals surface area (Å²) in [7, 11) is 10.8. The summed E-state index contributed by atoms with van der Waals surface area (Å²) >= 11 is 0. The van der Waals surface area contributed by atoms with E-state index in [1.54, 1.807) is 28.4 Å². The lowest BCUT2D eigenvalue weighted by Crippen LogP contribution is -2.59.